The Hall–Kier alpha value is -0.970. The zero-order chi connectivity index (χ0) is 15.1. The van der Waals surface area contributed by atoms with Gasteiger partial charge in [-0.05, 0) is 44.0 Å². The van der Waals surface area contributed by atoms with Gasteiger partial charge in [-0.3, -0.25) is 9.88 Å². The normalized spacial score (nSPS) is 17.5. The Morgan fingerprint density at radius 2 is 2.00 bits per heavy atom. The fourth-order valence-corrected chi connectivity index (χ4v) is 2.80. The predicted molar refractivity (Wildman–Crippen MR) is 86.1 cm³/mol. The molecule has 0 spiro atoms. The van der Waals surface area contributed by atoms with E-state index in [9.17, 15) is 0 Å². The van der Waals surface area contributed by atoms with Gasteiger partial charge in [0.2, 0.25) is 0 Å². The summed E-state index contributed by atoms with van der Waals surface area (Å²) in [5, 5.41) is 3.42. The van der Waals surface area contributed by atoms with Crippen molar-refractivity contribution in [3.8, 4) is 0 Å². The average Bonchev–Trinajstić information content (AvgIpc) is 2.48. The van der Waals surface area contributed by atoms with E-state index in [-0.39, 0.29) is 0 Å². The fraction of sp³-hybridized carbons (Fsp3) is 0.706. The van der Waals surface area contributed by atoms with Gasteiger partial charge in [-0.2, -0.15) is 0 Å². The zero-order valence-corrected chi connectivity index (χ0v) is 13.6. The Labute approximate surface area is 128 Å². The van der Waals surface area contributed by atoms with Crippen LogP contribution in [-0.4, -0.2) is 42.7 Å². The largest absolute Gasteiger partial charge is 0.384 e. The molecule has 4 nitrogen and oxygen atoms in total. The molecule has 0 aliphatic carbocycles. The highest BCUT2D eigenvalue weighted by Gasteiger charge is 2.19. The van der Waals surface area contributed by atoms with Crippen molar-refractivity contribution in [1.29, 1.82) is 0 Å². The molecule has 4 heteroatoms. The van der Waals surface area contributed by atoms with Gasteiger partial charge in [-0.15, -0.1) is 0 Å². The monoisotopic (exact) mass is 291 g/mol. The minimum Gasteiger partial charge on any atom is -0.384 e. The number of likely N-dealkylation sites (tertiary alicyclic amines) is 1. The van der Waals surface area contributed by atoms with E-state index in [0.29, 0.717) is 6.04 Å². The summed E-state index contributed by atoms with van der Waals surface area (Å²) in [7, 11) is 1.80. The fourth-order valence-electron chi connectivity index (χ4n) is 2.80. The van der Waals surface area contributed by atoms with Crippen molar-refractivity contribution in [2.24, 2.45) is 5.92 Å². The zero-order valence-electron chi connectivity index (χ0n) is 13.6. The highest BCUT2D eigenvalue weighted by Crippen LogP contribution is 2.18. The van der Waals surface area contributed by atoms with Crippen molar-refractivity contribution in [3.05, 3.63) is 29.6 Å². The van der Waals surface area contributed by atoms with Crippen LogP contribution in [0.3, 0.4) is 0 Å². The number of nitrogens with one attached hydrogen (secondary N) is 1. The molecule has 0 unspecified atom stereocenters. The van der Waals surface area contributed by atoms with Crippen LogP contribution in [0, 0.1) is 5.92 Å². The van der Waals surface area contributed by atoms with Gasteiger partial charge in [0.05, 0.1) is 11.4 Å². The molecule has 0 atom stereocenters. The summed E-state index contributed by atoms with van der Waals surface area (Å²) in [6, 6.07) is 6.86. The van der Waals surface area contributed by atoms with Crippen LogP contribution in [0.5, 0.6) is 0 Å². The van der Waals surface area contributed by atoms with E-state index >= 15 is 0 Å². The van der Waals surface area contributed by atoms with Crippen LogP contribution in [0.2, 0.25) is 0 Å². The molecule has 1 aliphatic rings. The summed E-state index contributed by atoms with van der Waals surface area (Å²) >= 11 is 0. The number of hydrogen-bond donors (Lipinski definition) is 1. The molecule has 21 heavy (non-hydrogen) atoms. The molecule has 1 N–H and O–H groups in total. The van der Waals surface area contributed by atoms with Gasteiger partial charge in [0, 0.05) is 32.8 Å². The molecule has 0 saturated carbocycles. The SMILES string of the molecule is COCC1CCN(Cc2cccc(CNC(C)C)n2)CC1. The molecule has 0 bridgehead atoms. The molecular weight excluding hydrogens is 262 g/mol. The summed E-state index contributed by atoms with van der Waals surface area (Å²) < 4.78 is 5.26. The van der Waals surface area contributed by atoms with Crippen molar-refractivity contribution in [3.63, 3.8) is 0 Å². The van der Waals surface area contributed by atoms with E-state index in [1.165, 1.54) is 18.5 Å². The van der Waals surface area contributed by atoms with E-state index < -0.39 is 0 Å². The lowest BCUT2D eigenvalue weighted by atomic mass is 9.98. The van der Waals surface area contributed by atoms with E-state index in [4.69, 9.17) is 9.72 Å². The number of aromatic nitrogens is 1. The number of hydrogen-bond acceptors (Lipinski definition) is 4. The Bertz CT molecular complexity index is 414. The Morgan fingerprint density at radius 3 is 2.67 bits per heavy atom. The van der Waals surface area contributed by atoms with Gasteiger partial charge in [-0.1, -0.05) is 19.9 Å². The van der Waals surface area contributed by atoms with Gasteiger partial charge in [0.1, 0.15) is 0 Å². The highest BCUT2D eigenvalue weighted by molar-refractivity contribution is 5.11. The molecule has 0 radical (unpaired) electrons. The summed E-state index contributed by atoms with van der Waals surface area (Å²) in [5.74, 6) is 0.737. The predicted octanol–water partition coefficient (Wildman–Crippen LogP) is 2.44. The summed E-state index contributed by atoms with van der Waals surface area (Å²) in [4.78, 5) is 7.27. The van der Waals surface area contributed by atoms with Crippen molar-refractivity contribution < 1.29 is 4.74 Å². The number of pyridine rings is 1. The quantitative estimate of drug-likeness (QED) is 0.837. The Balaban J connectivity index is 1.81. The van der Waals surface area contributed by atoms with Crippen molar-refractivity contribution in [1.82, 2.24) is 15.2 Å². The lowest BCUT2D eigenvalue weighted by Gasteiger charge is -2.31. The van der Waals surface area contributed by atoms with Crippen LogP contribution >= 0.6 is 0 Å². The summed E-state index contributed by atoms with van der Waals surface area (Å²) in [6.45, 7) is 9.36. The second kappa shape index (κ2) is 8.47. The van der Waals surface area contributed by atoms with Crippen LogP contribution in [0.1, 0.15) is 38.1 Å². The van der Waals surface area contributed by atoms with Crippen molar-refractivity contribution in [2.75, 3.05) is 26.8 Å². The molecule has 0 aromatic carbocycles. The van der Waals surface area contributed by atoms with E-state index in [1.807, 2.05) is 0 Å². The van der Waals surface area contributed by atoms with Gasteiger partial charge < -0.3 is 10.1 Å². The number of methoxy groups -OCH3 is 1. The van der Waals surface area contributed by atoms with Crippen LogP contribution in [0.15, 0.2) is 18.2 Å². The third-order valence-electron chi connectivity index (χ3n) is 4.05. The lowest BCUT2D eigenvalue weighted by Crippen LogP contribution is -2.34. The molecule has 1 aromatic heterocycles. The third kappa shape index (κ3) is 5.73. The van der Waals surface area contributed by atoms with Gasteiger partial charge >= 0.3 is 0 Å². The number of ether oxygens (including phenoxy) is 1. The Kier molecular flexibility index (Phi) is 6.61. The van der Waals surface area contributed by atoms with Gasteiger partial charge in [0.25, 0.3) is 0 Å². The molecule has 1 saturated heterocycles. The third-order valence-corrected chi connectivity index (χ3v) is 4.05. The Morgan fingerprint density at radius 1 is 1.29 bits per heavy atom. The van der Waals surface area contributed by atoms with E-state index in [0.717, 1.165) is 44.4 Å². The molecule has 1 fully saturated rings. The second-order valence-electron chi connectivity index (χ2n) is 6.33. The first-order valence-corrected chi connectivity index (χ1v) is 8.07. The van der Waals surface area contributed by atoms with Crippen LogP contribution in [0.4, 0.5) is 0 Å². The maximum atomic E-state index is 5.26. The average molecular weight is 291 g/mol. The summed E-state index contributed by atoms with van der Waals surface area (Å²) in [5.41, 5.74) is 2.32. The van der Waals surface area contributed by atoms with Crippen LogP contribution < -0.4 is 5.32 Å². The van der Waals surface area contributed by atoms with Crippen molar-refractivity contribution in [2.45, 2.75) is 45.8 Å². The molecule has 1 aliphatic heterocycles. The topological polar surface area (TPSA) is 37.4 Å². The molecule has 2 rings (SSSR count). The minimum atomic E-state index is 0.496. The van der Waals surface area contributed by atoms with Crippen LogP contribution in [-0.2, 0) is 17.8 Å². The van der Waals surface area contributed by atoms with Crippen LogP contribution in [0.25, 0.3) is 0 Å². The first-order chi connectivity index (χ1) is 10.2. The van der Waals surface area contributed by atoms with Crippen molar-refractivity contribution >= 4 is 0 Å². The number of rotatable bonds is 7. The second-order valence-corrected chi connectivity index (χ2v) is 6.33. The first kappa shape index (κ1) is 16.4. The van der Waals surface area contributed by atoms with E-state index in [2.05, 4.69) is 42.3 Å². The standard InChI is InChI=1S/C17H29N3O/c1-14(2)18-11-16-5-4-6-17(19-16)12-20-9-7-15(8-10-20)13-21-3/h4-6,14-15,18H,7-13H2,1-3H3. The van der Waals surface area contributed by atoms with E-state index in [1.54, 1.807) is 7.11 Å². The number of nitrogens with zero attached hydrogens (tertiary/aromatic N) is 2. The highest BCUT2D eigenvalue weighted by atomic mass is 16.5. The smallest absolute Gasteiger partial charge is 0.0547 e. The summed E-state index contributed by atoms with van der Waals surface area (Å²) in [6.07, 6.45) is 2.48. The maximum Gasteiger partial charge on any atom is 0.0547 e. The lowest BCUT2D eigenvalue weighted by molar-refractivity contribution is 0.0963. The maximum absolute atomic E-state index is 5.26. The molecule has 1 aromatic rings. The van der Waals surface area contributed by atoms with Gasteiger partial charge in [0.15, 0.2) is 0 Å². The molecule has 118 valence electrons. The minimum absolute atomic E-state index is 0.496. The number of piperidine rings is 1. The molecular formula is C17H29N3O. The van der Waals surface area contributed by atoms with Gasteiger partial charge in [-0.25, -0.2) is 0 Å². The molecule has 2 heterocycles. The molecule has 0 amide bonds. The first-order valence-electron chi connectivity index (χ1n) is 8.07.